The molecule has 39 heavy (non-hydrogen) atoms. The SMILES string of the molecule is CCCC[n+]1ccn(CC)c1.CCCC[n+]1ccn(CC)c1.CCCC[n+]1ccn(CC)c1.CC[P+]([O-])([O-])[O-]. The maximum atomic E-state index is 9.47. The minimum Gasteiger partial charge on any atom is -0.688 e. The summed E-state index contributed by atoms with van der Waals surface area (Å²) in [6.45, 7) is 21.1. The van der Waals surface area contributed by atoms with Crippen molar-refractivity contribution in [2.24, 2.45) is 0 Å². The molecule has 3 rings (SSSR count). The molecule has 0 atom stereocenters. The second-order valence-corrected chi connectivity index (χ2v) is 11.3. The van der Waals surface area contributed by atoms with Crippen LogP contribution in [0.3, 0.4) is 0 Å². The molecule has 0 spiro atoms. The molecular formula is C29H56N6O3P+. The van der Waals surface area contributed by atoms with E-state index in [0.717, 1.165) is 39.3 Å². The molecule has 0 fully saturated rings. The van der Waals surface area contributed by atoms with Crippen LogP contribution >= 0.6 is 7.94 Å². The zero-order valence-corrected chi connectivity index (χ0v) is 26.6. The Morgan fingerprint density at radius 3 is 0.923 bits per heavy atom. The summed E-state index contributed by atoms with van der Waals surface area (Å²) in [4.78, 5) is 28.4. The van der Waals surface area contributed by atoms with Gasteiger partial charge in [0, 0.05) is 6.16 Å². The molecule has 224 valence electrons. The van der Waals surface area contributed by atoms with Gasteiger partial charge in [0.2, 0.25) is 19.0 Å². The standard InChI is InChI=1S/3C9H17N2.C2H7O3P/c3*1-3-5-6-11-8-7-10(4-2)9-11;1-2-6(3,4)5/h3*7-9H,3-6H2,1-2H3;2H2,1H3,(H2,3,4,5)/q3*+1;/p-2. The van der Waals surface area contributed by atoms with Gasteiger partial charge in [-0.3, -0.25) is 0 Å². The zero-order chi connectivity index (χ0) is 29.5. The quantitative estimate of drug-likeness (QED) is 0.235. The van der Waals surface area contributed by atoms with Crippen LogP contribution < -0.4 is 28.4 Å². The number of unbranched alkanes of at least 4 members (excludes halogenated alkanes) is 3. The van der Waals surface area contributed by atoms with Gasteiger partial charge in [-0.15, -0.1) is 0 Å². The van der Waals surface area contributed by atoms with Crippen molar-refractivity contribution in [1.82, 2.24) is 13.7 Å². The maximum absolute atomic E-state index is 9.47. The Morgan fingerprint density at radius 1 is 0.513 bits per heavy atom. The molecule has 3 aromatic heterocycles. The fraction of sp³-hybridized carbons (Fsp3) is 0.690. The Hall–Kier alpha value is -2.06. The van der Waals surface area contributed by atoms with Crippen molar-refractivity contribution in [2.45, 2.75) is 126 Å². The first kappa shape index (κ1) is 36.9. The van der Waals surface area contributed by atoms with Gasteiger partial charge in [-0.05, 0) is 47.0 Å². The highest BCUT2D eigenvalue weighted by atomic mass is 31.2. The Bertz CT molecular complexity index is 839. The van der Waals surface area contributed by atoms with E-state index in [0.29, 0.717) is 0 Å². The average molecular weight is 568 g/mol. The van der Waals surface area contributed by atoms with Crippen LogP contribution in [0.25, 0.3) is 0 Å². The first-order chi connectivity index (χ1) is 18.7. The molecule has 0 saturated heterocycles. The predicted molar refractivity (Wildman–Crippen MR) is 153 cm³/mol. The number of aryl methyl sites for hydroxylation is 6. The normalized spacial score (nSPS) is 10.6. The summed E-state index contributed by atoms with van der Waals surface area (Å²) in [5.74, 6) is 0. The highest BCUT2D eigenvalue weighted by Gasteiger charge is 2.01. The van der Waals surface area contributed by atoms with Gasteiger partial charge in [0.05, 0.1) is 39.3 Å². The summed E-state index contributed by atoms with van der Waals surface area (Å²) in [7, 11) is -4.15. The molecule has 10 heteroatoms. The average Bonchev–Trinajstić information content (AvgIpc) is 3.71. The van der Waals surface area contributed by atoms with E-state index in [4.69, 9.17) is 0 Å². The monoisotopic (exact) mass is 567 g/mol. The van der Waals surface area contributed by atoms with Crippen molar-refractivity contribution in [3.05, 3.63) is 56.2 Å². The van der Waals surface area contributed by atoms with E-state index in [-0.39, 0.29) is 6.16 Å². The first-order valence-electron chi connectivity index (χ1n) is 14.8. The number of hydrogen-bond acceptors (Lipinski definition) is 3. The molecule has 0 N–H and O–H groups in total. The van der Waals surface area contributed by atoms with Crippen LogP contribution in [0.4, 0.5) is 0 Å². The lowest BCUT2D eigenvalue weighted by atomic mass is 10.3. The molecule has 0 aliphatic heterocycles. The molecule has 0 aliphatic carbocycles. The zero-order valence-electron chi connectivity index (χ0n) is 25.7. The second-order valence-electron chi connectivity index (χ2n) is 9.43. The van der Waals surface area contributed by atoms with Crippen LogP contribution in [-0.2, 0) is 39.3 Å². The third-order valence-corrected chi connectivity index (χ3v) is 6.81. The van der Waals surface area contributed by atoms with Gasteiger partial charge >= 0.3 is 0 Å². The Balaban J connectivity index is 0.000000505. The molecule has 0 amide bonds. The molecule has 3 aromatic rings. The van der Waals surface area contributed by atoms with E-state index in [1.165, 1.54) is 45.4 Å². The number of nitrogens with zero attached hydrogens (tertiary/aromatic N) is 6. The number of rotatable bonds is 13. The molecule has 0 radical (unpaired) electrons. The Kier molecular flexibility index (Phi) is 21.5. The van der Waals surface area contributed by atoms with Crippen molar-refractivity contribution in [1.29, 1.82) is 0 Å². The summed E-state index contributed by atoms with van der Waals surface area (Å²) in [6.07, 6.45) is 26.6. The van der Waals surface area contributed by atoms with Gasteiger partial charge in [0.15, 0.2) is 0 Å². The Morgan fingerprint density at radius 2 is 0.769 bits per heavy atom. The summed E-state index contributed by atoms with van der Waals surface area (Å²) in [6, 6.07) is 0. The van der Waals surface area contributed by atoms with Crippen LogP contribution in [0.1, 0.15) is 87.0 Å². The van der Waals surface area contributed by atoms with Crippen LogP contribution in [-0.4, -0.2) is 19.9 Å². The molecule has 0 aliphatic rings. The van der Waals surface area contributed by atoms with Crippen LogP contribution in [0, 0.1) is 0 Å². The van der Waals surface area contributed by atoms with Gasteiger partial charge in [0.25, 0.3) is 0 Å². The fourth-order valence-corrected chi connectivity index (χ4v) is 3.30. The smallest absolute Gasteiger partial charge is 0.243 e. The number of imidazole rings is 3. The summed E-state index contributed by atoms with van der Waals surface area (Å²) in [5.41, 5.74) is 0. The lowest BCUT2D eigenvalue weighted by molar-refractivity contribution is -0.697. The van der Waals surface area contributed by atoms with Gasteiger partial charge in [0.1, 0.15) is 37.2 Å². The fourth-order valence-electron chi connectivity index (χ4n) is 3.30. The van der Waals surface area contributed by atoms with Crippen LogP contribution in [0.15, 0.2) is 56.2 Å². The van der Waals surface area contributed by atoms with E-state index in [9.17, 15) is 14.7 Å². The van der Waals surface area contributed by atoms with Crippen molar-refractivity contribution in [2.75, 3.05) is 6.16 Å². The minimum atomic E-state index is -4.15. The largest absolute Gasteiger partial charge is 0.688 e. The van der Waals surface area contributed by atoms with Gasteiger partial charge in [-0.2, -0.15) is 7.94 Å². The summed E-state index contributed by atoms with van der Waals surface area (Å²) >= 11 is 0. The van der Waals surface area contributed by atoms with E-state index in [1.807, 2.05) is 0 Å². The summed E-state index contributed by atoms with van der Waals surface area (Å²) < 4.78 is 13.3. The third kappa shape index (κ3) is 19.6. The number of aromatic nitrogens is 6. The topological polar surface area (TPSA) is 95.6 Å². The van der Waals surface area contributed by atoms with Gasteiger partial charge in [-0.1, -0.05) is 40.0 Å². The van der Waals surface area contributed by atoms with E-state index >= 15 is 0 Å². The van der Waals surface area contributed by atoms with Crippen molar-refractivity contribution in [3.63, 3.8) is 0 Å². The van der Waals surface area contributed by atoms with E-state index in [2.05, 4.69) is 125 Å². The van der Waals surface area contributed by atoms with Crippen molar-refractivity contribution >= 4 is 7.94 Å². The van der Waals surface area contributed by atoms with Crippen molar-refractivity contribution in [3.8, 4) is 0 Å². The molecular weight excluding hydrogens is 511 g/mol. The highest BCUT2D eigenvalue weighted by Crippen LogP contribution is 2.24. The lowest BCUT2D eigenvalue weighted by Gasteiger charge is -2.40. The van der Waals surface area contributed by atoms with Gasteiger partial charge in [-0.25, -0.2) is 27.4 Å². The molecule has 0 bridgehead atoms. The van der Waals surface area contributed by atoms with Crippen LogP contribution in [0.2, 0.25) is 0 Å². The first-order valence-corrected chi connectivity index (χ1v) is 16.5. The Labute approximate surface area is 238 Å². The van der Waals surface area contributed by atoms with E-state index in [1.54, 1.807) is 0 Å². The lowest BCUT2D eigenvalue weighted by Crippen LogP contribution is -2.33. The van der Waals surface area contributed by atoms with Crippen LogP contribution in [0.5, 0.6) is 0 Å². The maximum Gasteiger partial charge on any atom is 0.243 e. The molecule has 0 unspecified atom stereocenters. The second kappa shape index (κ2) is 22.7. The highest BCUT2D eigenvalue weighted by molar-refractivity contribution is 7.54. The molecule has 0 aromatic carbocycles. The van der Waals surface area contributed by atoms with E-state index < -0.39 is 7.94 Å². The van der Waals surface area contributed by atoms with Gasteiger partial charge < -0.3 is 14.7 Å². The van der Waals surface area contributed by atoms with Crippen molar-refractivity contribution < 1.29 is 28.4 Å². The third-order valence-electron chi connectivity index (χ3n) is 6.03. The summed E-state index contributed by atoms with van der Waals surface area (Å²) in [5, 5.41) is 0. The molecule has 9 nitrogen and oxygen atoms in total. The molecule has 3 heterocycles. The number of hydrogen-bond donors (Lipinski definition) is 0. The predicted octanol–water partition coefficient (Wildman–Crippen LogP) is 2.64. The molecule has 0 saturated carbocycles. The minimum absolute atomic E-state index is 0.285.